The van der Waals surface area contributed by atoms with Crippen LogP contribution in [0.1, 0.15) is 37.4 Å². The van der Waals surface area contributed by atoms with Crippen molar-refractivity contribution < 1.29 is 0 Å². The van der Waals surface area contributed by atoms with Crippen molar-refractivity contribution in [1.29, 1.82) is 0 Å². The van der Waals surface area contributed by atoms with E-state index in [0.717, 1.165) is 24.0 Å². The van der Waals surface area contributed by atoms with Crippen molar-refractivity contribution in [2.24, 2.45) is 0 Å². The third kappa shape index (κ3) is 2.87. The second-order valence-electron chi connectivity index (χ2n) is 6.15. The zero-order chi connectivity index (χ0) is 14.1. The van der Waals surface area contributed by atoms with Gasteiger partial charge in [-0.2, -0.15) is 0 Å². The lowest BCUT2D eigenvalue weighted by atomic mass is 10.2. The largest absolute Gasteiger partial charge is 0.373 e. The summed E-state index contributed by atoms with van der Waals surface area (Å²) in [7, 11) is 6.29. The van der Waals surface area contributed by atoms with Gasteiger partial charge in [-0.3, -0.25) is 0 Å². The van der Waals surface area contributed by atoms with Crippen LogP contribution in [0.15, 0.2) is 6.07 Å². The summed E-state index contributed by atoms with van der Waals surface area (Å²) in [4.78, 5) is 14.1. The van der Waals surface area contributed by atoms with Crippen LogP contribution in [0.25, 0.3) is 0 Å². The maximum atomic E-state index is 4.77. The molecule has 5 nitrogen and oxygen atoms in total. The molecule has 1 saturated carbocycles. The summed E-state index contributed by atoms with van der Waals surface area (Å²) in [5.74, 6) is 3.58. The predicted molar refractivity (Wildman–Crippen MR) is 82.5 cm³/mol. The topological polar surface area (TPSA) is 44.3 Å². The van der Waals surface area contributed by atoms with Crippen molar-refractivity contribution in [2.45, 2.75) is 37.6 Å². The van der Waals surface area contributed by atoms with Gasteiger partial charge in [-0.15, -0.1) is 0 Å². The lowest BCUT2D eigenvalue weighted by Crippen LogP contribution is -2.37. The van der Waals surface area contributed by atoms with Gasteiger partial charge in [0.1, 0.15) is 17.5 Å². The van der Waals surface area contributed by atoms with Crippen LogP contribution in [0.2, 0.25) is 0 Å². The van der Waals surface area contributed by atoms with Crippen LogP contribution < -0.4 is 10.2 Å². The highest BCUT2D eigenvalue weighted by atomic mass is 15.2. The monoisotopic (exact) mass is 275 g/mol. The molecule has 110 valence electrons. The van der Waals surface area contributed by atoms with Crippen molar-refractivity contribution in [1.82, 2.24) is 14.9 Å². The summed E-state index contributed by atoms with van der Waals surface area (Å²) in [6, 6.07) is 2.71. The quantitative estimate of drug-likeness (QED) is 0.889. The number of likely N-dealkylation sites (N-methyl/N-ethyl adjacent to an activating group) is 2. The molecule has 20 heavy (non-hydrogen) atoms. The van der Waals surface area contributed by atoms with Crippen molar-refractivity contribution in [3.8, 4) is 0 Å². The Kier molecular flexibility index (Phi) is 3.78. The van der Waals surface area contributed by atoms with Gasteiger partial charge in [-0.05, 0) is 39.3 Å². The first-order valence-corrected chi connectivity index (χ1v) is 7.65. The molecule has 0 bridgehead atoms. The Hall–Kier alpha value is -1.36. The Labute approximate surface area is 121 Å². The molecule has 0 radical (unpaired) electrons. The maximum Gasteiger partial charge on any atom is 0.136 e. The fraction of sp³-hybridized carbons (Fsp3) is 0.733. The third-order valence-electron chi connectivity index (χ3n) is 4.48. The number of hydrogen-bond acceptors (Lipinski definition) is 5. The average Bonchev–Trinajstić information content (AvgIpc) is 3.24. The molecule has 2 fully saturated rings. The minimum Gasteiger partial charge on any atom is -0.373 e. The van der Waals surface area contributed by atoms with Crippen molar-refractivity contribution >= 4 is 11.6 Å². The van der Waals surface area contributed by atoms with Gasteiger partial charge in [0.2, 0.25) is 0 Å². The smallest absolute Gasteiger partial charge is 0.136 e. The number of aromatic nitrogens is 2. The van der Waals surface area contributed by atoms with E-state index in [0.29, 0.717) is 12.0 Å². The van der Waals surface area contributed by atoms with Crippen molar-refractivity contribution in [3.63, 3.8) is 0 Å². The highest BCUT2D eigenvalue weighted by Gasteiger charge is 2.28. The fourth-order valence-electron chi connectivity index (χ4n) is 2.92. The van der Waals surface area contributed by atoms with E-state index in [1.165, 1.54) is 32.2 Å². The molecule has 3 rings (SSSR count). The zero-order valence-corrected chi connectivity index (χ0v) is 12.8. The van der Waals surface area contributed by atoms with Crippen LogP contribution in [0, 0.1) is 0 Å². The molecule has 1 saturated heterocycles. The van der Waals surface area contributed by atoms with Gasteiger partial charge in [0.15, 0.2) is 0 Å². The lowest BCUT2D eigenvalue weighted by Gasteiger charge is -2.27. The highest BCUT2D eigenvalue weighted by molar-refractivity contribution is 5.49. The molecule has 0 spiro atoms. The molecular formula is C15H25N5. The van der Waals surface area contributed by atoms with Crippen LogP contribution in [0.3, 0.4) is 0 Å². The number of nitrogens with zero attached hydrogens (tertiary/aromatic N) is 4. The van der Waals surface area contributed by atoms with E-state index in [-0.39, 0.29) is 0 Å². The SMILES string of the molecule is CNc1cc(N(C)CC2CCCN2C)nc(C2CC2)n1. The molecular weight excluding hydrogens is 250 g/mol. The van der Waals surface area contributed by atoms with Crippen LogP contribution in [-0.4, -0.2) is 55.1 Å². The first kappa shape index (κ1) is 13.6. The normalized spacial score (nSPS) is 23.1. The van der Waals surface area contributed by atoms with E-state index in [1.54, 1.807) is 0 Å². The first-order chi connectivity index (χ1) is 9.67. The summed E-state index contributed by atoms with van der Waals surface area (Å²) in [6.07, 6.45) is 5.08. The summed E-state index contributed by atoms with van der Waals surface area (Å²) >= 11 is 0. The number of likely N-dealkylation sites (tertiary alicyclic amines) is 1. The molecule has 1 aromatic heterocycles. The Morgan fingerprint density at radius 3 is 2.75 bits per heavy atom. The fourth-order valence-corrected chi connectivity index (χ4v) is 2.92. The summed E-state index contributed by atoms with van der Waals surface area (Å²) in [5.41, 5.74) is 0. The Balaban J connectivity index is 1.75. The number of nitrogens with one attached hydrogen (secondary N) is 1. The van der Waals surface area contributed by atoms with Crippen LogP contribution in [0.5, 0.6) is 0 Å². The molecule has 1 unspecified atom stereocenters. The van der Waals surface area contributed by atoms with Gasteiger partial charge in [-0.1, -0.05) is 0 Å². The second-order valence-corrected chi connectivity index (χ2v) is 6.15. The van der Waals surface area contributed by atoms with Gasteiger partial charge in [-0.25, -0.2) is 9.97 Å². The Morgan fingerprint density at radius 2 is 2.15 bits per heavy atom. The number of rotatable bonds is 5. The van der Waals surface area contributed by atoms with E-state index < -0.39 is 0 Å². The molecule has 2 heterocycles. The van der Waals surface area contributed by atoms with Gasteiger partial charge in [0.25, 0.3) is 0 Å². The minimum absolute atomic E-state index is 0.588. The van der Waals surface area contributed by atoms with Crippen LogP contribution in [0.4, 0.5) is 11.6 Å². The molecule has 1 atom stereocenters. The molecule has 2 aliphatic rings. The highest BCUT2D eigenvalue weighted by Crippen LogP contribution is 2.39. The predicted octanol–water partition coefficient (Wildman–Crippen LogP) is 1.93. The van der Waals surface area contributed by atoms with Gasteiger partial charge < -0.3 is 15.1 Å². The molecule has 0 aromatic carbocycles. The Bertz CT molecular complexity index is 471. The van der Waals surface area contributed by atoms with E-state index in [2.05, 4.69) is 40.3 Å². The standard InChI is InChI=1S/C15H25N5/c1-16-13-9-14(18-15(17-13)11-6-7-11)20(3)10-12-5-4-8-19(12)2/h9,11-12H,4-8,10H2,1-3H3,(H,16,17,18). The molecule has 5 heteroatoms. The Morgan fingerprint density at radius 1 is 1.35 bits per heavy atom. The van der Waals surface area contributed by atoms with E-state index in [4.69, 9.17) is 4.98 Å². The third-order valence-corrected chi connectivity index (χ3v) is 4.48. The maximum absolute atomic E-state index is 4.77. The summed E-state index contributed by atoms with van der Waals surface area (Å²) in [6.45, 7) is 2.26. The molecule has 1 aliphatic carbocycles. The molecule has 1 aliphatic heterocycles. The van der Waals surface area contributed by atoms with E-state index in [9.17, 15) is 0 Å². The first-order valence-electron chi connectivity index (χ1n) is 7.65. The second kappa shape index (κ2) is 5.56. The van der Waals surface area contributed by atoms with Gasteiger partial charge >= 0.3 is 0 Å². The minimum atomic E-state index is 0.588. The number of hydrogen-bond donors (Lipinski definition) is 1. The van der Waals surface area contributed by atoms with Gasteiger partial charge in [0.05, 0.1) is 0 Å². The molecule has 1 N–H and O–H groups in total. The molecule has 0 amide bonds. The van der Waals surface area contributed by atoms with E-state index in [1.807, 2.05) is 7.05 Å². The van der Waals surface area contributed by atoms with Crippen molar-refractivity contribution in [2.75, 3.05) is 44.4 Å². The molecule has 1 aromatic rings. The number of anilines is 2. The van der Waals surface area contributed by atoms with E-state index >= 15 is 0 Å². The van der Waals surface area contributed by atoms with Crippen LogP contribution in [-0.2, 0) is 0 Å². The van der Waals surface area contributed by atoms with Gasteiger partial charge in [0, 0.05) is 38.7 Å². The summed E-state index contributed by atoms with van der Waals surface area (Å²) in [5, 5.41) is 3.16. The summed E-state index contributed by atoms with van der Waals surface area (Å²) < 4.78 is 0. The average molecular weight is 275 g/mol. The lowest BCUT2D eigenvalue weighted by molar-refractivity contribution is 0.314. The van der Waals surface area contributed by atoms with Crippen LogP contribution >= 0.6 is 0 Å². The van der Waals surface area contributed by atoms with Crippen molar-refractivity contribution in [3.05, 3.63) is 11.9 Å². The zero-order valence-electron chi connectivity index (χ0n) is 12.8.